The van der Waals surface area contributed by atoms with E-state index in [1.165, 1.54) is 6.07 Å². The molecule has 1 aromatic carbocycles. The van der Waals surface area contributed by atoms with Crippen LogP contribution in [0.3, 0.4) is 0 Å². The van der Waals surface area contributed by atoms with E-state index >= 15 is 0 Å². The zero-order chi connectivity index (χ0) is 14.8. The van der Waals surface area contributed by atoms with E-state index in [2.05, 4.69) is 10.2 Å². The van der Waals surface area contributed by atoms with Crippen LogP contribution in [0, 0.1) is 5.92 Å². The third kappa shape index (κ3) is 4.11. The second kappa shape index (κ2) is 6.33. The molecule has 1 aromatic rings. The van der Waals surface area contributed by atoms with Gasteiger partial charge >= 0.3 is 6.18 Å². The number of hydrogen-bond acceptors (Lipinski definition) is 2. The first-order chi connectivity index (χ1) is 9.38. The van der Waals surface area contributed by atoms with Crippen LogP contribution in [-0.2, 0) is 12.7 Å². The van der Waals surface area contributed by atoms with Crippen molar-refractivity contribution in [1.29, 1.82) is 0 Å². The van der Waals surface area contributed by atoms with Gasteiger partial charge in [-0.05, 0) is 56.2 Å². The average Bonchev–Trinajstić information content (AvgIpc) is 2.75. The van der Waals surface area contributed by atoms with Crippen LogP contribution in [0.1, 0.15) is 17.5 Å². The SMILES string of the molecule is CNCC1CCN(Cc2cc(Cl)cc(C(F)(F)F)c2)C1. The molecule has 0 amide bonds. The Morgan fingerprint density at radius 1 is 1.35 bits per heavy atom. The Kier molecular flexibility index (Phi) is 4.94. The lowest BCUT2D eigenvalue weighted by atomic mass is 10.1. The summed E-state index contributed by atoms with van der Waals surface area (Å²) in [5.74, 6) is 0.571. The highest BCUT2D eigenvalue weighted by atomic mass is 35.5. The van der Waals surface area contributed by atoms with E-state index < -0.39 is 11.7 Å². The lowest BCUT2D eigenvalue weighted by Gasteiger charge is -2.17. The van der Waals surface area contributed by atoms with Gasteiger partial charge in [0.05, 0.1) is 5.56 Å². The van der Waals surface area contributed by atoms with Gasteiger partial charge in [0.15, 0.2) is 0 Å². The fraction of sp³-hybridized carbons (Fsp3) is 0.571. The fourth-order valence-corrected chi connectivity index (χ4v) is 2.93. The van der Waals surface area contributed by atoms with Gasteiger partial charge in [0.1, 0.15) is 0 Å². The number of rotatable bonds is 4. The van der Waals surface area contributed by atoms with E-state index in [1.807, 2.05) is 7.05 Å². The van der Waals surface area contributed by atoms with Gasteiger partial charge in [-0.3, -0.25) is 4.90 Å². The Morgan fingerprint density at radius 2 is 2.10 bits per heavy atom. The molecule has 2 nitrogen and oxygen atoms in total. The molecule has 1 fully saturated rings. The molecular weight excluding hydrogens is 289 g/mol. The summed E-state index contributed by atoms with van der Waals surface area (Å²) in [6.07, 6.45) is -3.27. The summed E-state index contributed by atoms with van der Waals surface area (Å²) in [5.41, 5.74) is -0.0547. The van der Waals surface area contributed by atoms with Crippen LogP contribution in [0.25, 0.3) is 0 Å². The molecule has 112 valence electrons. The number of nitrogens with one attached hydrogen (secondary N) is 1. The van der Waals surface area contributed by atoms with Gasteiger partial charge in [-0.25, -0.2) is 0 Å². The van der Waals surface area contributed by atoms with E-state index in [4.69, 9.17) is 11.6 Å². The van der Waals surface area contributed by atoms with Crippen LogP contribution in [0.4, 0.5) is 13.2 Å². The van der Waals surface area contributed by atoms with Gasteiger partial charge in [-0.15, -0.1) is 0 Å². The molecule has 6 heteroatoms. The second-order valence-corrected chi connectivity index (χ2v) is 5.73. The highest BCUT2D eigenvalue weighted by molar-refractivity contribution is 6.30. The maximum absolute atomic E-state index is 12.7. The fourth-order valence-electron chi connectivity index (χ4n) is 2.68. The largest absolute Gasteiger partial charge is 0.416 e. The second-order valence-electron chi connectivity index (χ2n) is 5.29. The summed E-state index contributed by atoms with van der Waals surface area (Å²) in [5, 5.41) is 3.28. The molecular formula is C14H18ClF3N2. The van der Waals surface area contributed by atoms with Crippen molar-refractivity contribution in [3.8, 4) is 0 Å². The van der Waals surface area contributed by atoms with Crippen molar-refractivity contribution >= 4 is 11.6 Å². The molecule has 1 aliphatic heterocycles. The van der Waals surface area contributed by atoms with Crippen LogP contribution in [0.2, 0.25) is 5.02 Å². The van der Waals surface area contributed by atoms with Gasteiger partial charge < -0.3 is 5.32 Å². The summed E-state index contributed by atoms with van der Waals surface area (Å²) < 4.78 is 38.2. The minimum atomic E-state index is -4.35. The summed E-state index contributed by atoms with van der Waals surface area (Å²) in [4.78, 5) is 2.17. The van der Waals surface area contributed by atoms with E-state index in [9.17, 15) is 13.2 Å². The quantitative estimate of drug-likeness (QED) is 0.917. The minimum absolute atomic E-state index is 0.140. The standard InChI is InChI=1S/C14H18ClF3N2/c1-19-7-10-2-3-20(8-10)9-11-4-12(14(16,17)18)6-13(15)5-11/h4-6,10,19H,2-3,7-9H2,1H3. The lowest BCUT2D eigenvalue weighted by molar-refractivity contribution is -0.137. The molecule has 0 spiro atoms. The molecule has 0 saturated carbocycles. The first-order valence-corrected chi connectivity index (χ1v) is 7.00. The predicted molar refractivity (Wildman–Crippen MR) is 73.8 cm³/mol. The normalized spacial score (nSPS) is 20.6. The van der Waals surface area contributed by atoms with Gasteiger partial charge in [0.2, 0.25) is 0 Å². The molecule has 1 N–H and O–H groups in total. The number of halogens is 4. The summed E-state index contributed by atoms with van der Waals surface area (Å²) in [6, 6.07) is 3.78. The van der Waals surface area contributed by atoms with Crippen molar-refractivity contribution < 1.29 is 13.2 Å². The first kappa shape index (κ1) is 15.6. The van der Waals surface area contributed by atoms with Gasteiger partial charge in [-0.1, -0.05) is 11.6 Å². The Bertz CT molecular complexity index is 462. The molecule has 0 bridgehead atoms. The van der Waals surface area contributed by atoms with Crippen LogP contribution in [0.15, 0.2) is 18.2 Å². The van der Waals surface area contributed by atoms with Crippen LogP contribution >= 0.6 is 11.6 Å². The van der Waals surface area contributed by atoms with Crippen molar-refractivity contribution in [2.24, 2.45) is 5.92 Å². The molecule has 1 unspecified atom stereocenters. The number of likely N-dealkylation sites (tertiary alicyclic amines) is 1. The predicted octanol–water partition coefficient (Wildman–Crippen LogP) is 3.40. The Balaban J connectivity index is 2.05. The van der Waals surface area contributed by atoms with E-state index in [0.717, 1.165) is 32.1 Å². The van der Waals surface area contributed by atoms with E-state index in [-0.39, 0.29) is 5.02 Å². The van der Waals surface area contributed by atoms with Crippen LogP contribution in [0.5, 0.6) is 0 Å². The lowest BCUT2D eigenvalue weighted by Crippen LogP contribution is -2.24. The van der Waals surface area contributed by atoms with Crippen molar-refractivity contribution in [3.05, 3.63) is 34.3 Å². The number of hydrogen-bond donors (Lipinski definition) is 1. The molecule has 20 heavy (non-hydrogen) atoms. The monoisotopic (exact) mass is 306 g/mol. The summed E-state index contributed by atoms with van der Waals surface area (Å²) >= 11 is 5.79. The summed E-state index contributed by atoms with van der Waals surface area (Å²) in [7, 11) is 1.91. The zero-order valence-corrected chi connectivity index (χ0v) is 12.1. The van der Waals surface area contributed by atoms with Crippen LogP contribution in [-0.4, -0.2) is 31.6 Å². The van der Waals surface area contributed by atoms with Gasteiger partial charge in [0.25, 0.3) is 0 Å². The molecule has 1 atom stereocenters. The third-order valence-corrected chi connectivity index (χ3v) is 3.77. The highest BCUT2D eigenvalue weighted by Crippen LogP contribution is 2.32. The highest BCUT2D eigenvalue weighted by Gasteiger charge is 2.31. The Hall–Kier alpha value is -0.780. The van der Waals surface area contributed by atoms with E-state index in [0.29, 0.717) is 18.0 Å². The number of nitrogens with zero attached hydrogens (tertiary/aromatic N) is 1. The van der Waals surface area contributed by atoms with Crippen molar-refractivity contribution in [3.63, 3.8) is 0 Å². The van der Waals surface area contributed by atoms with Crippen molar-refractivity contribution in [2.75, 3.05) is 26.7 Å². The molecule has 1 saturated heterocycles. The zero-order valence-electron chi connectivity index (χ0n) is 11.3. The average molecular weight is 307 g/mol. The van der Waals surface area contributed by atoms with Crippen molar-refractivity contribution in [2.45, 2.75) is 19.1 Å². The first-order valence-electron chi connectivity index (χ1n) is 6.62. The smallest absolute Gasteiger partial charge is 0.319 e. The van der Waals surface area contributed by atoms with Crippen LogP contribution < -0.4 is 5.32 Å². The molecule has 0 aromatic heterocycles. The Labute approximate surface area is 121 Å². The van der Waals surface area contributed by atoms with E-state index in [1.54, 1.807) is 6.07 Å². The van der Waals surface area contributed by atoms with Gasteiger partial charge in [-0.2, -0.15) is 13.2 Å². The minimum Gasteiger partial charge on any atom is -0.319 e. The number of benzene rings is 1. The third-order valence-electron chi connectivity index (χ3n) is 3.55. The topological polar surface area (TPSA) is 15.3 Å². The molecule has 0 aliphatic carbocycles. The maximum atomic E-state index is 12.7. The molecule has 1 aliphatic rings. The summed E-state index contributed by atoms with van der Waals surface area (Å²) in [6.45, 7) is 3.29. The number of alkyl halides is 3. The van der Waals surface area contributed by atoms with Gasteiger partial charge in [0, 0.05) is 18.1 Å². The molecule has 2 rings (SSSR count). The molecule has 1 heterocycles. The maximum Gasteiger partial charge on any atom is 0.416 e. The van der Waals surface area contributed by atoms with Crippen molar-refractivity contribution in [1.82, 2.24) is 10.2 Å². The Morgan fingerprint density at radius 3 is 2.75 bits per heavy atom. The molecule has 0 radical (unpaired) electrons.